The number of carbonyl (C=O) groups excluding carboxylic acids is 2. The van der Waals surface area contributed by atoms with E-state index in [9.17, 15) is 9.59 Å². The predicted molar refractivity (Wildman–Crippen MR) is 114 cm³/mol. The first-order valence-corrected chi connectivity index (χ1v) is 9.71. The Labute approximate surface area is 176 Å². The third kappa shape index (κ3) is 7.12. The van der Waals surface area contributed by atoms with Gasteiger partial charge < -0.3 is 19.5 Å². The van der Waals surface area contributed by atoms with E-state index in [1.807, 2.05) is 13.8 Å². The van der Waals surface area contributed by atoms with Crippen molar-refractivity contribution in [2.45, 2.75) is 26.8 Å². The van der Waals surface area contributed by atoms with Gasteiger partial charge in [0.1, 0.15) is 5.75 Å². The van der Waals surface area contributed by atoms with Gasteiger partial charge in [-0.25, -0.2) is 5.43 Å². The fraction of sp³-hybridized carbons (Fsp3) is 0.318. The van der Waals surface area contributed by atoms with Crippen molar-refractivity contribution < 1.29 is 23.8 Å². The first-order chi connectivity index (χ1) is 14.6. The van der Waals surface area contributed by atoms with Crippen molar-refractivity contribution in [3.8, 4) is 17.2 Å². The number of hydrogen-bond acceptors (Lipinski definition) is 6. The first-order valence-electron chi connectivity index (χ1n) is 9.71. The molecule has 160 valence electrons. The first kappa shape index (κ1) is 22.7. The van der Waals surface area contributed by atoms with Crippen LogP contribution in [0.2, 0.25) is 0 Å². The second-order valence-corrected chi connectivity index (χ2v) is 6.22. The van der Waals surface area contributed by atoms with Gasteiger partial charge in [0.2, 0.25) is 0 Å². The molecular formula is C22H27N3O5. The lowest BCUT2D eigenvalue weighted by Crippen LogP contribution is -2.37. The monoisotopic (exact) mass is 413 g/mol. The number of ether oxygens (including phenoxy) is 3. The molecule has 0 heterocycles. The molecule has 0 aliphatic rings. The van der Waals surface area contributed by atoms with Crippen LogP contribution in [0.15, 0.2) is 47.6 Å². The minimum absolute atomic E-state index is 0.219. The van der Waals surface area contributed by atoms with Crippen molar-refractivity contribution in [3.63, 3.8) is 0 Å². The highest BCUT2D eigenvalue weighted by Gasteiger charge is 2.12. The van der Waals surface area contributed by atoms with E-state index in [0.29, 0.717) is 30.3 Å². The Kier molecular flexibility index (Phi) is 9.18. The topological polar surface area (TPSA) is 98.2 Å². The van der Waals surface area contributed by atoms with Gasteiger partial charge in [-0.2, -0.15) is 5.10 Å². The Balaban J connectivity index is 1.87. The minimum Gasteiger partial charge on any atom is -0.497 e. The van der Waals surface area contributed by atoms with Crippen molar-refractivity contribution in [1.29, 1.82) is 0 Å². The number of methoxy groups -OCH3 is 1. The van der Waals surface area contributed by atoms with Crippen LogP contribution in [0.25, 0.3) is 0 Å². The van der Waals surface area contributed by atoms with Gasteiger partial charge in [0.15, 0.2) is 11.5 Å². The normalized spacial score (nSPS) is 10.5. The Morgan fingerprint density at radius 3 is 2.43 bits per heavy atom. The third-order valence-electron chi connectivity index (χ3n) is 3.93. The molecule has 0 atom stereocenters. The molecule has 0 unspecified atom stereocenters. The molecule has 2 N–H and O–H groups in total. The Morgan fingerprint density at radius 2 is 1.77 bits per heavy atom. The number of benzene rings is 2. The van der Waals surface area contributed by atoms with Crippen LogP contribution in [0.5, 0.6) is 17.2 Å². The highest BCUT2D eigenvalue weighted by Crippen LogP contribution is 2.28. The summed E-state index contributed by atoms with van der Waals surface area (Å²) < 4.78 is 16.3. The van der Waals surface area contributed by atoms with Crippen molar-refractivity contribution in [2.75, 3.05) is 20.3 Å². The number of rotatable bonds is 10. The summed E-state index contributed by atoms with van der Waals surface area (Å²) in [4.78, 5) is 23.8. The van der Waals surface area contributed by atoms with Crippen LogP contribution in [0.1, 0.15) is 31.4 Å². The summed E-state index contributed by atoms with van der Waals surface area (Å²) in [6.45, 7) is 5.21. The SMILES string of the molecule is CCCOc1ccc(/C=N\NC(=O)C(=O)NCc2ccc(OC)cc2)cc1OCC. The number of nitrogens with one attached hydrogen (secondary N) is 2. The zero-order valence-corrected chi connectivity index (χ0v) is 17.4. The lowest BCUT2D eigenvalue weighted by molar-refractivity contribution is -0.139. The van der Waals surface area contributed by atoms with E-state index in [2.05, 4.69) is 15.8 Å². The maximum Gasteiger partial charge on any atom is 0.329 e. The van der Waals surface area contributed by atoms with Gasteiger partial charge in [-0.15, -0.1) is 0 Å². The average molecular weight is 413 g/mol. The third-order valence-corrected chi connectivity index (χ3v) is 3.93. The number of hydrogen-bond donors (Lipinski definition) is 2. The second kappa shape index (κ2) is 12.1. The molecule has 0 fully saturated rings. The van der Waals surface area contributed by atoms with Crippen LogP contribution >= 0.6 is 0 Å². The molecule has 8 nitrogen and oxygen atoms in total. The molecular weight excluding hydrogens is 386 g/mol. The highest BCUT2D eigenvalue weighted by atomic mass is 16.5. The smallest absolute Gasteiger partial charge is 0.329 e. The van der Waals surface area contributed by atoms with Crippen LogP contribution in [0, 0.1) is 0 Å². The molecule has 0 bridgehead atoms. The molecule has 2 aromatic carbocycles. The summed E-state index contributed by atoms with van der Waals surface area (Å²) in [7, 11) is 1.58. The fourth-order valence-electron chi connectivity index (χ4n) is 2.43. The summed E-state index contributed by atoms with van der Waals surface area (Å²) in [5, 5.41) is 6.37. The Morgan fingerprint density at radius 1 is 1.00 bits per heavy atom. The highest BCUT2D eigenvalue weighted by molar-refractivity contribution is 6.35. The second-order valence-electron chi connectivity index (χ2n) is 6.22. The molecule has 0 aromatic heterocycles. The molecule has 8 heteroatoms. The summed E-state index contributed by atoms with van der Waals surface area (Å²) in [6.07, 6.45) is 2.32. The van der Waals surface area contributed by atoms with Crippen molar-refractivity contribution in [1.82, 2.24) is 10.7 Å². The lowest BCUT2D eigenvalue weighted by atomic mass is 10.2. The van der Waals surface area contributed by atoms with Gasteiger partial charge in [0, 0.05) is 6.54 Å². The van der Waals surface area contributed by atoms with Gasteiger partial charge >= 0.3 is 11.8 Å². The van der Waals surface area contributed by atoms with E-state index in [-0.39, 0.29) is 6.54 Å². The quantitative estimate of drug-likeness (QED) is 0.354. The van der Waals surface area contributed by atoms with Crippen LogP contribution < -0.4 is 25.0 Å². The summed E-state index contributed by atoms with van der Waals surface area (Å²) in [6, 6.07) is 12.5. The van der Waals surface area contributed by atoms with E-state index in [4.69, 9.17) is 14.2 Å². The molecule has 0 aliphatic carbocycles. The average Bonchev–Trinajstić information content (AvgIpc) is 2.77. The maximum absolute atomic E-state index is 11.9. The molecule has 2 rings (SSSR count). The molecule has 0 saturated carbocycles. The van der Waals surface area contributed by atoms with E-state index in [0.717, 1.165) is 17.7 Å². The standard InChI is InChI=1S/C22H27N3O5/c1-4-12-30-19-11-8-17(13-20(19)29-5-2)15-24-25-22(27)21(26)23-14-16-6-9-18(28-3)10-7-16/h6-11,13,15H,4-5,12,14H2,1-3H3,(H,23,26)(H,25,27)/b24-15-. The van der Waals surface area contributed by atoms with Crippen LogP contribution in [0.4, 0.5) is 0 Å². The van der Waals surface area contributed by atoms with Crippen molar-refractivity contribution in [2.24, 2.45) is 5.10 Å². The molecule has 30 heavy (non-hydrogen) atoms. The van der Waals surface area contributed by atoms with Crippen LogP contribution in [0.3, 0.4) is 0 Å². The number of hydrazone groups is 1. The number of nitrogens with zero attached hydrogens (tertiary/aromatic N) is 1. The Hall–Kier alpha value is -3.55. The van der Waals surface area contributed by atoms with Gasteiger partial charge in [-0.3, -0.25) is 9.59 Å². The molecule has 0 radical (unpaired) electrons. The van der Waals surface area contributed by atoms with Gasteiger partial charge in [0.05, 0.1) is 26.5 Å². The van der Waals surface area contributed by atoms with Crippen molar-refractivity contribution >= 4 is 18.0 Å². The lowest BCUT2D eigenvalue weighted by Gasteiger charge is -2.11. The molecule has 2 aromatic rings. The van der Waals surface area contributed by atoms with Gasteiger partial charge in [-0.1, -0.05) is 19.1 Å². The Bertz CT molecular complexity index is 866. The maximum atomic E-state index is 11.9. The molecule has 0 saturated heterocycles. The summed E-state index contributed by atoms with van der Waals surface area (Å²) >= 11 is 0. The summed E-state index contributed by atoms with van der Waals surface area (Å²) in [5.41, 5.74) is 3.75. The largest absolute Gasteiger partial charge is 0.497 e. The van der Waals surface area contributed by atoms with E-state index < -0.39 is 11.8 Å². The van der Waals surface area contributed by atoms with Crippen LogP contribution in [-0.2, 0) is 16.1 Å². The zero-order valence-electron chi connectivity index (χ0n) is 17.4. The number of carbonyl (C=O) groups is 2. The number of amides is 2. The predicted octanol–water partition coefficient (Wildman–Crippen LogP) is 2.65. The zero-order chi connectivity index (χ0) is 21.8. The van der Waals surface area contributed by atoms with E-state index in [1.54, 1.807) is 49.6 Å². The van der Waals surface area contributed by atoms with Gasteiger partial charge in [-0.05, 0) is 54.8 Å². The summed E-state index contributed by atoms with van der Waals surface area (Å²) in [5.74, 6) is 0.333. The molecule has 0 spiro atoms. The fourth-order valence-corrected chi connectivity index (χ4v) is 2.43. The molecule has 2 amide bonds. The van der Waals surface area contributed by atoms with Gasteiger partial charge in [0.25, 0.3) is 0 Å². The molecule has 0 aliphatic heterocycles. The van der Waals surface area contributed by atoms with Crippen molar-refractivity contribution in [3.05, 3.63) is 53.6 Å². The van der Waals surface area contributed by atoms with Crippen LogP contribution in [-0.4, -0.2) is 38.4 Å². The van der Waals surface area contributed by atoms with E-state index >= 15 is 0 Å². The minimum atomic E-state index is -0.854. The van der Waals surface area contributed by atoms with E-state index in [1.165, 1.54) is 6.21 Å².